The van der Waals surface area contributed by atoms with Crippen LogP contribution in [-0.2, 0) is 0 Å². The minimum atomic E-state index is -0.674. The van der Waals surface area contributed by atoms with E-state index in [-0.39, 0.29) is 5.82 Å². The first kappa shape index (κ1) is 13.3. The molecule has 4 heteroatoms. The van der Waals surface area contributed by atoms with Crippen molar-refractivity contribution < 1.29 is 14.2 Å². The predicted octanol–water partition coefficient (Wildman–Crippen LogP) is 2.08. The van der Waals surface area contributed by atoms with E-state index < -0.39 is 5.60 Å². The predicted molar refractivity (Wildman–Crippen MR) is 67.9 cm³/mol. The third-order valence-corrected chi connectivity index (χ3v) is 3.72. The molecular formula is C14H20FNO2. The fourth-order valence-electron chi connectivity index (χ4n) is 2.33. The van der Waals surface area contributed by atoms with Gasteiger partial charge in [0.15, 0.2) is 0 Å². The van der Waals surface area contributed by atoms with Crippen molar-refractivity contribution in [3.05, 3.63) is 30.1 Å². The quantitative estimate of drug-likeness (QED) is 0.863. The summed E-state index contributed by atoms with van der Waals surface area (Å²) in [7, 11) is 0. The Morgan fingerprint density at radius 3 is 2.44 bits per heavy atom. The zero-order valence-electron chi connectivity index (χ0n) is 10.4. The third kappa shape index (κ3) is 3.43. The molecule has 100 valence electrons. The van der Waals surface area contributed by atoms with Gasteiger partial charge < -0.3 is 15.6 Å². The van der Waals surface area contributed by atoms with Gasteiger partial charge in [-0.1, -0.05) is 0 Å². The van der Waals surface area contributed by atoms with E-state index in [4.69, 9.17) is 10.5 Å². The van der Waals surface area contributed by atoms with Crippen molar-refractivity contribution in [2.75, 3.05) is 13.2 Å². The second-order valence-electron chi connectivity index (χ2n) is 5.14. The molecule has 3 N–H and O–H groups in total. The van der Waals surface area contributed by atoms with Crippen LogP contribution in [0.1, 0.15) is 25.7 Å². The van der Waals surface area contributed by atoms with Gasteiger partial charge in [-0.15, -0.1) is 0 Å². The molecule has 0 spiro atoms. The van der Waals surface area contributed by atoms with E-state index in [1.165, 1.54) is 12.1 Å². The fraction of sp³-hybridized carbons (Fsp3) is 0.571. The fourth-order valence-corrected chi connectivity index (χ4v) is 2.33. The summed E-state index contributed by atoms with van der Waals surface area (Å²) in [6.07, 6.45) is 3.33. The summed E-state index contributed by atoms with van der Waals surface area (Å²) >= 11 is 0. The number of ether oxygens (including phenoxy) is 1. The molecule has 1 aliphatic carbocycles. The van der Waals surface area contributed by atoms with Crippen molar-refractivity contribution in [2.45, 2.75) is 31.3 Å². The smallest absolute Gasteiger partial charge is 0.123 e. The van der Waals surface area contributed by atoms with Crippen molar-refractivity contribution in [2.24, 2.45) is 11.7 Å². The van der Waals surface area contributed by atoms with E-state index in [0.29, 0.717) is 24.8 Å². The number of rotatable bonds is 4. The van der Waals surface area contributed by atoms with Crippen LogP contribution in [0.15, 0.2) is 24.3 Å². The van der Waals surface area contributed by atoms with Crippen molar-refractivity contribution in [3.63, 3.8) is 0 Å². The molecular weight excluding hydrogens is 233 g/mol. The van der Waals surface area contributed by atoms with Gasteiger partial charge in [0, 0.05) is 6.54 Å². The Bertz CT molecular complexity index is 372. The summed E-state index contributed by atoms with van der Waals surface area (Å²) in [5.41, 5.74) is 4.87. The van der Waals surface area contributed by atoms with Crippen LogP contribution in [0.4, 0.5) is 4.39 Å². The molecule has 0 radical (unpaired) electrons. The van der Waals surface area contributed by atoms with Crippen LogP contribution in [0, 0.1) is 11.7 Å². The van der Waals surface area contributed by atoms with Gasteiger partial charge in [0.2, 0.25) is 0 Å². The summed E-state index contributed by atoms with van der Waals surface area (Å²) in [5, 5.41) is 10.0. The summed E-state index contributed by atoms with van der Waals surface area (Å²) in [4.78, 5) is 0. The Morgan fingerprint density at radius 2 is 1.89 bits per heavy atom. The SMILES string of the molecule is NCC1(O)CCC(COc2ccc(F)cc2)CC1. The van der Waals surface area contributed by atoms with Crippen LogP contribution in [0.2, 0.25) is 0 Å². The molecule has 1 saturated carbocycles. The van der Waals surface area contributed by atoms with E-state index in [1.54, 1.807) is 12.1 Å². The molecule has 0 amide bonds. The standard InChI is InChI=1S/C14H20FNO2/c15-12-1-3-13(4-2-12)18-9-11-5-7-14(17,10-16)8-6-11/h1-4,11,17H,5-10,16H2. The van der Waals surface area contributed by atoms with Gasteiger partial charge in [0.1, 0.15) is 11.6 Å². The number of benzene rings is 1. The first-order chi connectivity index (χ1) is 8.61. The number of hydrogen-bond acceptors (Lipinski definition) is 3. The topological polar surface area (TPSA) is 55.5 Å². The lowest BCUT2D eigenvalue weighted by Crippen LogP contribution is -2.41. The first-order valence-electron chi connectivity index (χ1n) is 6.42. The highest BCUT2D eigenvalue weighted by molar-refractivity contribution is 5.22. The zero-order chi connectivity index (χ0) is 13.0. The summed E-state index contributed by atoms with van der Waals surface area (Å²) in [6, 6.07) is 6.05. The highest BCUT2D eigenvalue weighted by Crippen LogP contribution is 2.31. The molecule has 3 nitrogen and oxygen atoms in total. The number of aliphatic hydroxyl groups is 1. The molecule has 0 aromatic heterocycles. The molecule has 1 aromatic carbocycles. The molecule has 1 aliphatic rings. The lowest BCUT2D eigenvalue weighted by Gasteiger charge is -2.34. The first-order valence-corrected chi connectivity index (χ1v) is 6.42. The Balaban J connectivity index is 1.77. The maximum Gasteiger partial charge on any atom is 0.123 e. The van der Waals surface area contributed by atoms with Gasteiger partial charge in [0.25, 0.3) is 0 Å². The molecule has 0 aliphatic heterocycles. The molecule has 0 unspecified atom stereocenters. The summed E-state index contributed by atoms with van der Waals surface area (Å²) < 4.78 is 18.3. The van der Waals surface area contributed by atoms with Crippen LogP contribution in [0.25, 0.3) is 0 Å². The normalized spacial score (nSPS) is 28.1. The van der Waals surface area contributed by atoms with Crippen molar-refractivity contribution in [1.82, 2.24) is 0 Å². The summed E-state index contributed by atoms with van der Waals surface area (Å²) in [5.74, 6) is 0.881. The third-order valence-electron chi connectivity index (χ3n) is 3.72. The van der Waals surface area contributed by atoms with Gasteiger partial charge in [-0.25, -0.2) is 4.39 Å². The molecule has 0 bridgehead atoms. The Hall–Kier alpha value is -1.13. The van der Waals surface area contributed by atoms with E-state index in [0.717, 1.165) is 25.7 Å². The molecule has 1 aromatic rings. The van der Waals surface area contributed by atoms with Crippen molar-refractivity contribution in [1.29, 1.82) is 0 Å². The Labute approximate surface area is 107 Å². The van der Waals surface area contributed by atoms with E-state index in [2.05, 4.69) is 0 Å². The monoisotopic (exact) mass is 253 g/mol. The lowest BCUT2D eigenvalue weighted by molar-refractivity contribution is -0.00694. The number of nitrogens with two attached hydrogens (primary N) is 1. The average Bonchev–Trinajstić information content (AvgIpc) is 2.40. The minimum Gasteiger partial charge on any atom is -0.493 e. The Morgan fingerprint density at radius 1 is 1.28 bits per heavy atom. The van der Waals surface area contributed by atoms with E-state index >= 15 is 0 Å². The van der Waals surface area contributed by atoms with Gasteiger partial charge >= 0.3 is 0 Å². The number of halogens is 1. The second kappa shape index (κ2) is 5.67. The van der Waals surface area contributed by atoms with Gasteiger partial charge in [-0.05, 0) is 55.9 Å². The van der Waals surface area contributed by atoms with E-state index in [9.17, 15) is 9.50 Å². The van der Waals surface area contributed by atoms with Crippen molar-refractivity contribution >= 4 is 0 Å². The highest BCUT2D eigenvalue weighted by atomic mass is 19.1. The van der Waals surface area contributed by atoms with E-state index in [1.807, 2.05) is 0 Å². The second-order valence-corrected chi connectivity index (χ2v) is 5.14. The van der Waals surface area contributed by atoms with Crippen LogP contribution < -0.4 is 10.5 Å². The molecule has 0 heterocycles. The van der Waals surface area contributed by atoms with Gasteiger partial charge in [0.05, 0.1) is 12.2 Å². The van der Waals surface area contributed by atoms with Crippen LogP contribution in [0.5, 0.6) is 5.75 Å². The van der Waals surface area contributed by atoms with Crippen LogP contribution in [0.3, 0.4) is 0 Å². The molecule has 1 fully saturated rings. The van der Waals surface area contributed by atoms with Gasteiger partial charge in [-0.3, -0.25) is 0 Å². The number of hydrogen-bond donors (Lipinski definition) is 2. The van der Waals surface area contributed by atoms with Crippen molar-refractivity contribution in [3.8, 4) is 5.75 Å². The highest BCUT2D eigenvalue weighted by Gasteiger charge is 2.31. The largest absolute Gasteiger partial charge is 0.493 e. The molecule has 2 rings (SSSR count). The molecule has 0 atom stereocenters. The molecule has 0 saturated heterocycles. The lowest BCUT2D eigenvalue weighted by atomic mass is 9.79. The average molecular weight is 253 g/mol. The maximum atomic E-state index is 12.7. The van der Waals surface area contributed by atoms with Crippen LogP contribution in [-0.4, -0.2) is 23.9 Å². The van der Waals surface area contributed by atoms with Crippen LogP contribution >= 0.6 is 0 Å². The zero-order valence-corrected chi connectivity index (χ0v) is 10.4. The maximum absolute atomic E-state index is 12.7. The summed E-state index contributed by atoms with van der Waals surface area (Å²) in [6.45, 7) is 0.949. The Kier molecular flexibility index (Phi) is 4.19. The molecule has 18 heavy (non-hydrogen) atoms. The minimum absolute atomic E-state index is 0.256. The van der Waals surface area contributed by atoms with Gasteiger partial charge in [-0.2, -0.15) is 0 Å².